The predicted molar refractivity (Wildman–Crippen MR) is 77.4 cm³/mol. The van der Waals surface area contributed by atoms with E-state index in [-0.39, 0.29) is 0 Å². The molecular formula is C14H16N4O2. The van der Waals surface area contributed by atoms with Crippen molar-refractivity contribution in [2.24, 2.45) is 10.8 Å². The summed E-state index contributed by atoms with van der Waals surface area (Å²) in [6.45, 7) is 1.99. The van der Waals surface area contributed by atoms with Crippen molar-refractivity contribution >= 4 is 12.2 Å². The number of nitrogens with zero attached hydrogens (tertiary/aromatic N) is 2. The van der Waals surface area contributed by atoms with Gasteiger partial charge in [0.2, 0.25) is 0 Å². The topological polar surface area (TPSA) is 81.6 Å². The molecule has 2 rings (SSSR count). The first-order valence-corrected chi connectivity index (χ1v) is 6.02. The van der Waals surface area contributed by atoms with Crippen LogP contribution in [0, 0.1) is 6.92 Å². The minimum atomic E-state index is -0.687. The fraction of sp³-hybridized carbons (Fsp3) is 0.143. The summed E-state index contributed by atoms with van der Waals surface area (Å²) in [5, 5.41) is 3.73. The van der Waals surface area contributed by atoms with Crippen LogP contribution in [0.15, 0.2) is 41.6 Å². The van der Waals surface area contributed by atoms with Crippen LogP contribution in [0.4, 0.5) is 4.79 Å². The first-order chi connectivity index (χ1) is 9.60. The van der Waals surface area contributed by atoms with Crippen LogP contribution in [0.5, 0.6) is 5.75 Å². The molecule has 6 nitrogen and oxygen atoms in total. The Morgan fingerprint density at radius 2 is 2.10 bits per heavy atom. The largest absolute Gasteiger partial charge is 0.497 e. The number of primary amides is 1. The minimum Gasteiger partial charge on any atom is -0.497 e. The number of hydrazone groups is 1. The van der Waals surface area contributed by atoms with E-state index >= 15 is 0 Å². The van der Waals surface area contributed by atoms with Gasteiger partial charge in [0.15, 0.2) is 0 Å². The molecule has 0 unspecified atom stereocenters. The smallest absolute Gasteiger partial charge is 0.332 e. The lowest BCUT2D eigenvalue weighted by molar-refractivity contribution is 0.249. The molecule has 0 aliphatic carbocycles. The summed E-state index contributed by atoms with van der Waals surface area (Å²) in [7, 11) is 1.64. The van der Waals surface area contributed by atoms with Gasteiger partial charge in [0, 0.05) is 23.1 Å². The summed E-state index contributed by atoms with van der Waals surface area (Å²) in [6.07, 6.45) is 3.46. The van der Waals surface area contributed by atoms with Gasteiger partial charge in [-0.1, -0.05) is 0 Å². The zero-order valence-electron chi connectivity index (χ0n) is 11.3. The van der Waals surface area contributed by atoms with E-state index in [2.05, 4.69) is 10.5 Å². The number of urea groups is 1. The Morgan fingerprint density at radius 1 is 1.40 bits per heavy atom. The summed E-state index contributed by atoms with van der Waals surface area (Å²) < 4.78 is 7.15. The second-order valence-corrected chi connectivity index (χ2v) is 4.22. The Bertz CT molecular complexity index is 629. The molecule has 0 atom stereocenters. The van der Waals surface area contributed by atoms with Gasteiger partial charge in [-0.15, -0.1) is 0 Å². The third-order valence-corrected chi connectivity index (χ3v) is 2.77. The summed E-state index contributed by atoms with van der Waals surface area (Å²) in [4.78, 5) is 10.5. The van der Waals surface area contributed by atoms with Gasteiger partial charge in [-0.25, -0.2) is 10.2 Å². The lowest BCUT2D eigenvalue weighted by Crippen LogP contribution is -2.24. The van der Waals surface area contributed by atoms with Crippen molar-refractivity contribution in [2.45, 2.75) is 6.92 Å². The van der Waals surface area contributed by atoms with Crippen molar-refractivity contribution in [3.63, 3.8) is 0 Å². The maximum atomic E-state index is 10.5. The van der Waals surface area contributed by atoms with Crippen molar-refractivity contribution in [3.8, 4) is 11.4 Å². The number of hydrogen-bond acceptors (Lipinski definition) is 3. The van der Waals surface area contributed by atoms with E-state index in [1.54, 1.807) is 7.11 Å². The molecule has 2 aromatic rings. The molecule has 0 saturated heterocycles. The molecule has 2 amide bonds. The third kappa shape index (κ3) is 3.17. The predicted octanol–water partition coefficient (Wildman–Crippen LogP) is 1.80. The average Bonchev–Trinajstić information content (AvgIpc) is 2.79. The summed E-state index contributed by atoms with van der Waals surface area (Å²) in [5.74, 6) is 0.811. The molecule has 0 aliphatic rings. The van der Waals surface area contributed by atoms with E-state index < -0.39 is 6.03 Å². The Morgan fingerprint density at radius 3 is 2.70 bits per heavy atom. The monoisotopic (exact) mass is 272 g/mol. The fourth-order valence-corrected chi connectivity index (χ4v) is 1.86. The number of ether oxygens (including phenoxy) is 1. The number of methoxy groups -OCH3 is 1. The lowest BCUT2D eigenvalue weighted by Gasteiger charge is -2.06. The second-order valence-electron chi connectivity index (χ2n) is 4.22. The van der Waals surface area contributed by atoms with Crippen LogP contribution in [-0.2, 0) is 0 Å². The van der Waals surface area contributed by atoms with E-state index in [4.69, 9.17) is 10.5 Å². The van der Waals surface area contributed by atoms with Gasteiger partial charge in [0.05, 0.1) is 13.3 Å². The molecule has 6 heteroatoms. The fourth-order valence-electron chi connectivity index (χ4n) is 1.86. The normalized spacial score (nSPS) is 10.7. The number of nitrogens with two attached hydrogens (primary N) is 1. The summed E-state index contributed by atoms with van der Waals surface area (Å²) in [6, 6.07) is 9.00. The van der Waals surface area contributed by atoms with Crippen LogP contribution in [0.2, 0.25) is 0 Å². The van der Waals surface area contributed by atoms with Gasteiger partial charge in [0.25, 0.3) is 0 Å². The quantitative estimate of drug-likeness (QED) is 0.657. The Labute approximate surface area is 116 Å². The van der Waals surface area contributed by atoms with Gasteiger partial charge < -0.3 is 15.0 Å². The minimum absolute atomic E-state index is 0.687. The van der Waals surface area contributed by atoms with Gasteiger partial charge in [-0.05, 0) is 37.3 Å². The Kier molecular flexibility index (Phi) is 4.05. The van der Waals surface area contributed by atoms with Crippen molar-refractivity contribution < 1.29 is 9.53 Å². The molecule has 20 heavy (non-hydrogen) atoms. The van der Waals surface area contributed by atoms with E-state index in [0.29, 0.717) is 0 Å². The molecule has 0 radical (unpaired) electrons. The summed E-state index contributed by atoms with van der Waals surface area (Å²) >= 11 is 0. The Balaban J connectivity index is 2.22. The first kappa shape index (κ1) is 13.7. The van der Waals surface area contributed by atoms with E-state index in [1.165, 1.54) is 6.21 Å². The molecule has 0 fully saturated rings. The van der Waals surface area contributed by atoms with Gasteiger partial charge >= 0.3 is 6.03 Å². The number of carbonyl (C=O) groups excluding carboxylic acids is 1. The highest BCUT2D eigenvalue weighted by Gasteiger charge is 2.03. The number of nitrogens with one attached hydrogen (secondary N) is 1. The number of benzene rings is 1. The van der Waals surface area contributed by atoms with Crippen LogP contribution in [-0.4, -0.2) is 23.9 Å². The van der Waals surface area contributed by atoms with Crippen molar-refractivity contribution in [1.29, 1.82) is 0 Å². The zero-order chi connectivity index (χ0) is 14.5. The van der Waals surface area contributed by atoms with Crippen LogP contribution in [0.3, 0.4) is 0 Å². The van der Waals surface area contributed by atoms with Crippen molar-refractivity contribution in [1.82, 2.24) is 9.99 Å². The van der Waals surface area contributed by atoms with E-state index in [9.17, 15) is 4.79 Å². The SMILES string of the molecule is COc1ccc(-n2cc(/C=N\NC(N)=O)cc2C)cc1. The highest BCUT2D eigenvalue weighted by Crippen LogP contribution is 2.18. The van der Waals surface area contributed by atoms with E-state index in [1.807, 2.05) is 48.0 Å². The number of aromatic nitrogens is 1. The molecule has 1 aromatic heterocycles. The van der Waals surface area contributed by atoms with Crippen LogP contribution >= 0.6 is 0 Å². The van der Waals surface area contributed by atoms with Crippen LogP contribution in [0.25, 0.3) is 5.69 Å². The second kappa shape index (κ2) is 5.92. The number of amides is 2. The molecule has 0 spiro atoms. The maximum Gasteiger partial charge on any atom is 0.332 e. The highest BCUT2D eigenvalue weighted by molar-refractivity contribution is 5.81. The number of hydrogen-bond donors (Lipinski definition) is 2. The Hall–Kier alpha value is -2.76. The number of rotatable bonds is 4. The standard InChI is InChI=1S/C14H16N4O2/c1-10-7-11(8-16-17-14(15)19)9-18(10)12-3-5-13(20-2)6-4-12/h3-9H,1-2H3,(H3,15,17,19)/b16-8-. The molecule has 1 heterocycles. The lowest BCUT2D eigenvalue weighted by atomic mass is 10.3. The third-order valence-electron chi connectivity index (χ3n) is 2.77. The molecule has 3 N–H and O–H groups in total. The van der Waals surface area contributed by atoms with Crippen LogP contribution < -0.4 is 15.9 Å². The van der Waals surface area contributed by atoms with E-state index in [0.717, 1.165) is 22.7 Å². The average molecular weight is 272 g/mol. The highest BCUT2D eigenvalue weighted by atomic mass is 16.5. The molecular weight excluding hydrogens is 256 g/mol. The van der Waals surface area contributed by atoms with Crippen LogP contribution in [0.1, 0.15) is 11.3 Å². The van der Waals surface area contributed by atoms with Gasteiger partial charge in [0.1, 0.15) is 5.75 Å². The number of carbonyl (C=O) groups is 1. The maximum absolute atomic E-state index is 10.5. The molecule has 0 bridgehead atoms. The zero-order valence-corrected chi connectivity index (χ0v) is 11.3. The van der Waals surface area contributed by atoms with Crippen molar-refractivity contribution in [2.75, 3.05) is 7.11 Å². The molecule has 0 saturated carbocycles. The molecule has 1 aromatic carbocycles. The van der Waals surface area contributed by atoms with Crippen molar-refractivity contribution in [3.05, 3.63) is 47.8 Å². The molecule has 0 aliphatic heterocycles. The first-order valence-electron chi connectivity index (χ1n) is 6.02. The summed E-state index contributed by atoms with van der Waals surface area (Å²) in [5.41, 5.74) is 10.0. The van der Waals surface area contributed by atoms with Gasteiger partial charge in [-0.2, -0.15) is 5.10 Å². The van der Waals surface area contributed by atoms with Gasteiger partial charge in [-0.3, -0.25) is 0 Å². The number of aryl methyl sites for hydroxylation is 1. The molecule has 104 valence electrons.